The van der Waals surface area contributed by atoms with Crippen LogP contribution >= 0.6 is 0 Å². The molecule has 5 atom stereocenters. The fourth-order valence-electron chi connectivity index (χ4n) is 6.71. The van der Waals surface area contributed by atoms with E-state index < -0.39 is 0 Å². The fourth-order valence-corrected chi connectivity index (χ4v) is 6.71. The summed E-state index contributed by atoms with van der Waals surface area (Å²) in [5.74, 6) is 2.20. The topological polar surface area (TPSA) is 27.7 Å². The smallest absolute Gasteiger partial charge is 0.401 e. The van der Waals surface area contributed by atoms with Crippen molar-refractivity contribution in [3.05, 3.63) is 11.5 Å². The molecule has 6 aliphatic rings. The largest absolute Gasteiger partial charge is 0.490 e. The lowest BCUT2D eigenvalue weighted by atomic mass is 9.45. The van der Waals surface area contributed by atoms with Crippen molar-refractivity contribution in [2.45, 2.75) is 96.4 Å². The third-order valence-electron chi connectivity index (χ3n) is 8.58. The highest BCUT2D eigenvalue weighted by Gasteiger charge is 2.67. The molecule has 0 N–H and O–H groups in total. The minimum Gasteiger partial charge on any atom is -0.401 e. The quantitative estimate of drug-likeness (QED) is 0.655. The molecule has 3 nitrogen and oxygen atoms in total. The molecule has 4 heteroatoms. The number of ether oxygens (including phenoxy) is 1. The van der Waals surface area contributed by atoms with Gasteiger partial charge in [-0.05, 0) is 74.1 Å². The Morgan fingerprint density at radius 3 is 2.69 bits per heavy atom. The van der Waals surface area contributed by atoms with Gasteiger partial charge in [-0.25, -0.2) is 0 Å². The van der Waals surface area contributed by atoms with Gasteiger partial charge in [0, 0.05) is 0 Å². The van der Waals surface area contributed by atoms with E-state index in [1.165, 1.54) is 44.0 Å². The van der Waals surface area contributed by atoms with Gasteiger partial charge in [-0.1, -0.05) is 39.2 Å². The van der Waals surface area contributed by atoms with E-state index in [0.717, 1.165) is 37.7 Å². The molecule has 2 aliphatic heterocycles. The zero-order chi connectivity index (χ0) is 17.9. The molecule has 4 aliphatic carbocycles. The van der Waals surface area contributed by atoms with Crippen molar-refractivity contribution in [1.82, 2.24) is 0 Å². The summed E-state index contributed by atoms with van der Waals surface area (Å²) in [6.07, 6.45) is 14.3. The summed E-state index contributed by atoms with van der Waals surface area (Å²) in [4.78, 5) is 0. The molecule has 0 aromatic carbocycles. The molecule has 0 radical (unpaired) electrons. The van der Waals surface area contributed by atoms with E-state index in [0.29, 0.717) is 17.4 Å². The Balaban J connectivity index is 1.31. The third kappa shape index (κ3) is 2.74. The lowest BCUT2D eigenvalue weighted by Gasteiger charge is -2.63. The van der Waals surface area contributed by atoms with Crippen molar-refractivity contribution in [2.75, 3.05) is 6.61 Å². The zero-order valence-electron chi connectivity index (χ0n) is 16.8. The normalized spacial score (nSPS) is 45.5. The van der Waals surface area contributed by atoms with E-state index in [1.54, 1.807) is 0 Å². The first-order valence-corrected chi connectivity index (χ1v) is 11.1. The van der Waals surface area contributed by atoms with Crippen LogP contribution in [0.5, 0.6) is 0 Å². The van der Waals surface area contributed by atoms with Crippen molar-refractivity contribution in [3.8, 4) is 0 Å². The fraction of sp³-hybridized carbons (Fsp3) is 0.909. The molecule has 0 unspecified atom stereocenters. The van der Waals surface area contributed by atoms with Gasteiger partial charge in [0.15, 0.2) is 0 Å². The van der Waals surface area contributed by atoms with E-state index in [9.17, 15) is 0 Å². The van der Waals surface area contributed by atoms with Gasteiger partial charge >= 0.3 is 7.12 Å². The van der Waals surface area contributed by atoms with E-state index in [4.69, 9.17) is 14.0 Å². The molecule has 2 bridgehead atoms. The molecular weight excluding hydrogens is 323 g/mol. The van der Waals surface area contributed by atoms with Gasteiger partial charge in [0.05, 0.1) is 24.4 Å². The Bertz CT molecular complexity index is 582. The first-order chi connectivity index (χ1) is 12.5. The van der Waals surface area contributed by atoms with Crippen molar-refractivity contribution >= 4 is 7.12 Å². The molecule has 4 saturated carbocycles. The molecule has 0 aromatic heterocycles. The van der Waals surface area contributed by atoms with Crippen LogP contribution in [0.3, 0.4) is 0 Å². The van der Waals surface area contributed by atoms with Gasteiger partial charge in [-0.15, -0.1) is 0 Å². The van der Waals surface area contributed by atoms with Crippen LogP contribution in [0, 0.1) is 23.2 Å². The monoisotopic (exact) mass is 358 g/mol. The van der Waals surface area contributed by atoms with Gasteiger partial charge in [0.1, 0.15) is 0 Å². The molecule has 2 heterocycles. The summed E-state index contributed by atoms with van der Waals surface area (Å²) in [7, 11) is -0.132. The van der Waals surface area contributed by atoms with Crippen LogP contribution < -0.4 is 0 Å². The lowest BCUT2D eigenvalue weighted by Crippen LogP contribution is -2.63. The third-order valence-corrected chi connectivity index (χ3v) is 8.58. The van der Waals surface area contributed by atoms with Gasteiger partial charge < -0.3 is 14.0 Å². The van der Waals surface area contributed by atoms with E-state index in [2.05, 4.69) is 26.8 Å². The Hall–Kier alpha value is -0.315. The summed E-state index contributed by atoms with van der Waals surface area (Å²) in [6, 6.07) is 0. The Labute approximate surface area is 159 Å². The lowest BCUT2D eigenvalue weighted by molar-refractivity contribution is -0.185. The number of rotatable bonds is 2. The summed E-state index contributed by atoms with van der Waals surface area (Å²) in [5.41, 5.74) is 1.71. The van der Waals surface area contributed by atoms with Crippen molar-refractivity contribution in [1.29, 1.82) is 0 Å². The minimum atomic E-state index is -0.132. The second-order valence-corrected chi connectivity index (χ2v) is 10.5. The predicted molar refractivity (Wildman–Crippen MR) is 104 cm³/mol. The maximum absolute atomic E-state index is 6.64. The maximum atomic E-state index is 6.64. The first kappa shape index (κ1) is 17.8. The van der Waals surface area contributed by atoms with Crippen LogP contribution in [-0.4, -0.2) is 31.5 Å². The Morgan fingerprint density at radius 2 is 1.92 bits per heavy atom. The van der Waals surface area contributed by atoms with E-state index >= 15 is 0 Å². The van der Waals surface area contributed by atoms with Gasteiger partial charge in [0.25, 0.3) is 0 Å². The van der Waals surface area contributed by atoms with Crippen LogP contribution in [0.25, 0.3) is 0 Å². The summed E-state index contributed by atoms with van der Waals surface area (Å²) >= 11 is 0. The maximum Gasteiger partial charge on any atom is 0.490 e. The van der Waals surface area contributed by atoms with Gasteiger partial charge in [0.2, 0.25) is 0 Å². The van der Waals surface area contributed by atoms with E-state index in [-0.39, 0.29) is 18.8 Å². The molecule has 5 fully saturated rings. The average molecular weight is 358 g/mol. The van der Waals surface area contributed by atoms with Gasteiger partial charge in [-0.2, -0.15) is 0 Å². The van der Waals surface area contributed by atoms with Crippen molar-refractivity contribution < 1.29 is 14.0 Å². The molecular formula is C22H35BO3. The molecule has 0 spiro atoms. The Morgan fingerprint density at radius 1 is 1.12 bits per heavy atom. The Kier molecular flexibility index (Phi) is 4.34. The SMILES string of the molecule is CC1(C)[C@H]2C[C@@H]1[C@@H]1OB(C3=CCCO[C@@H](C4CCCCC4)C3)O[C@]1(C)C2. The highest BCUT2D eigenvalue weighted by molar-refractivity contribution is 6.54. The molecule has 144 valence electrons. The number of hydrogen-bond donors (Lipinski definition) is 0. The van der Waals surface area contributed by atoms with E-state index in [1.807, 2.05) is 0 Å². The second kappa shape index (κ2) is 6.35. The predicted octanol–water partition coefficient (Wildman–Crippen LogP) is 4.94. The number of hydrogen-bond acceptors (Lipinski definition) is 3. The van der Waals surface area contributed by atoms with Crippen molar-refractivity contribution in [3.63, 3.8) is 0 Å². The van der Waals surface area contributed by atoms with Crippen LogP contribution in [0.2, 0.25) is 0 Å². The first-order valence-electron chi connectivity index (χ1n) is 11.1. The highest BCUT2D eigenvalue weighted by Crippen LogP contribution is 2.65. The second-order valence-electron chi connectivity index (χ2n) is 10.5. The molecule has 26 heavy (non-hydrogen) atoms. The molecule has 0 amide bonds. The van der Waals surface area contributed by atoms with Crippen molar-refractivity contribution in [2.24, 2.45) is 23.2 Å². The van der Waals surface area contributed by atoms with Crippen LogP contribution in [-0.2, 0) is 14.0 Å². The van der Waals surface area contributed by atoms with Crippen LogP contribution in [0.15, 0.2) is 11.5 Å². The standard InChI is InChI=1S/C22H35BO3/c1-21(2)16-12-18(21)20-22(3,14-16)26-23(25-20)17-10-7-11-24-19(13-17)15-8-5-4-6-9-15/h10,15-16,18-20H,4-9,11-14H2,1-3H3/t16-,18+,19+,20-,22+/m0/s1. The highest BCUT2D eigenvalue weighted by atomic mass is 16.7. The molecule has 0 aromatic rings. The molecule has 1 saturated heterocycles. The van der Waals surface area contributed by atoms with Gasteiger partial charge in [-0.3, -0.25) is 0 Å². The summed E-state index contributed by atoms with van der Waals surface area (Å²) in [6.45, 7) is 8.02. The summed E-state index contributed by atoms with van der Waals surface area (Å²) in [5, 5.41) is 0. The zero-order valence-corrected chi connectivity index (χ0v) is 16.8. The van der Waals surface area contributed by atoms with Crippen LogP contribution in [0.4, 0.5) is 0 Å². The average Bonchev–Trinajstić information content (AvgIpc) is 2.83. The minimum absolute atomic E-state index is 0.0812. The van der Waals surface area contributed by atoms with Crippen LogP contribution in [0.1, 0.15) is 78.6 Å². The summed E-state index contributed by atoms with van der Waals surface area (Å²) < 4.78 is 19.5. The molecule has 6 rings (SSSR count).